The minimum Gasteiger partial charge on any atom is -0.371 e. The molecule has 3 heteroatoms. The van der Waals surface area contributed by atoms with Crippen molar-refractivity contribution in [3.63, 3.8) is 0 Å². The maximum absolute atomic E-state index is 4.28. The summed E-state index contributed by atoms with van der Waals surface area (Å²) in [5.74, 6) is 1.95. The number of hydrogen-bond acceptors (Lipinski definition) is 2. The van der Waals surface area contributed by atoms with Crippen LogP contribution in [0, 0.1) is 11.8 Å². The summed E-state index contributed by atoms with van der Waals surface area (Å²) < 4.78 is 1.92. The molecule has 86 valence electrons. The quantitative estimate of drug-likeness (QED) is 0.782. The highest BCUT2D eigenvalue weighted by Gasteiger charge is 2.45. The van der Waals surface area contributed by atoms with Crippen molar-refractivity contribution in [3.05, 3.63) is 42.7 Å². The Morgan fingerprint density at radius 3 is 2.65 bits per heavy atom. The molecule has 2 fully saturated rings. The van der Waals surface area contributed by atoms with Gasteiger partial charge in [-0.3, -0.25) is 0 Å². The topological polar surface area (TPSA) is 21.1 Å². The molecule has 0 radical (unpaired) electrons. The summed E-state index contributed by atoms with van der Waals surface area (Å²) in [6.07, 6.45) is 5.26. The number of piperidine rings is 1. The van der Waals surface area contributed by atoms with E-state index in [0.717, 1.165) is 17.5 Å². The number of aromatic nitrogens is 2. The number of anilines is 1. The fourth-order valence-electron chi connectivity index (χ4n) is 2.86. The molecule has 0 amide bonds. The van der Waals surface area contributed by atoms with Crippen LogP contribution >= 0.6 is 0 Å². The molecule has 0 N–H and O–H groups in total. The van der Waals surface area contributed by atoms with E-state index in [1.807, 2.05) is 23.1 Å². The average Bonchev–Trinajstić information content (AvgIpc) is 2.86. The fraction of sp³-hybridized carbons (Fsp3) is 0.357. The molecule has 1 aromatic heterocycles. The molecular formula is C14H15N3. The maximum Gasteiger partial charge on any atom is 0.0666 e. The third-order valence-corrected chi connectivity index (χ3v) is 3.94. The van der Waals surface area contributed by atoms with Crippen LogP contribution < -0.4 is 4.90 Å². The summed E-state index contributed by atoms with van der Waals surface area (Å²) >= 11 is 0. The molecule has 2 aromatic rings. The highest BCUT2D eigenvalue weighted by atomic mass is 15.3. The lowest BCUT2D eigenvalue weighted by Gasteiger charge is -2.20. The van der Waals surface area contributed by atoms with Crippen LogP contribution in [0.5, 0.6) is 0 Å². The Hall–Kier alpha value is -1.77. The monoisotopic (exact) mass is 225 g/mol. The van der Waals surface area contributed by atoms with Gasteiger partial charge in [-0.1, -0.05) is 6.07 Å². The van der Waals surface area contributed by atoms with Crippen LogP contribution in [0.3, 0.4) is 0 Å². The SMILES string of the molecule is c1cc(N2C[C@H]3C[C@H]3C2)cc(-n2cccn2)c1. The minimum atomic E-state index is 0.975. The predicted octanol–water partition coefficient (Wildman–Crippen LogP) is 2.33. The van der Waals surface area contributed by atoms with Crippen LogP contribution in [0.4, 0.5) is 5.69 Å². The van der Waals surface area contributed by atoms with E-state index in [2.05, 4.69) is 34.3 Å². The second-order valence-electron chi connectivity index (χ2n) is 5.13. The van der Waals surface area contributed by atoms with Crippen LogP contribution in [0.2, 0.25) is 0 Å². The first-order valence-corrected chi connectivity index (χ1v) is 6.25. The van der Waals surface area contributed by atoms with E-state index in [0.29, 0.717) is 0 Å². The number of nitrogens with zero attached hydrogens (tertiary/aromatic N) is 3. The third kappa shape index (κ3) is 1.54. The van der Waals surface area contributed by atoms with Gasteiger partial charge in [-0.05, 0) is 42.5 Å². The molecular weight excluding hydrogens is 210 g/mol. The standard InChI is InChI=1S/C14H15N3/c1-3-13(16-9-11-7-12(11)10-16)8-14(4-1)17-6-2-5-15-17/h1-6,8,11-12H,7,9-10H2/t11-,12+. The Kier molecular flexibility index (Phi) is 1.83. The van der Waals surface area contributed by atoms with Crippen LogP contribution in [-0.2, 0) is 0 Å². The molecule has 2 heterocycles. The second kappa shape index (κ2) is 3.36. The molecule has 17 heavy (non-hydrogen) atoms. The molecule has 1 aliphatic heterocycles. The minimum absolute atomic E-state index is 0.975. The molecule has 1 saturated heterocycles. The Labute approximate surface area is 101 Å². The van der Waals surface area contributed by atoms with E-state index in [1.165, 1.54) is 25.2 Å². The number of benzene rings is 1. The summed E-state index contributed by atoms with van der Waals surface area (Å²) in [5, 5.41) is 4.28. The van der Waals surface area contributed by atoms with Gasteiger partial charge in [0.1, 0.15) is 0 Å². The van der Waals surface area contributed by atoms with Gasteiger partial charge in [0, 0.05) is 31.2 Å². The van der Waals surface area contributed by atoms with Crippen molar-refractivity contribution in [2.45, 2.75) is 6.42 Å². The number of hydrogen-bond donors (Lipinski definition) is 0. The normalized spacial score (nSPS) is 26.0. The molecule has 3 nitrogen and oxygen atoms in total. The van der Waals surface area contributed by atoms with Crippen molar-refractivity contribution in [1.82, 2.24) is 9.78 Å². The number of fused-ring (bicyclic) bond motifs is 1. The van der Waals surface area contributed by atoms with E-state index in [-0.39, 0.29) is 0 Å². The van der Waals surface area contributed by atoms with E-state index in [4.69, 9.17) is 0 Å². The van der Waals surface area contributed by atoms with Crippen molar-refractivity contribution in [3.8, 4) is 5.69 Å². The van der Waals surface area contributed by atoms with Gasteiger partial charge < -0.3 is 4.90 Å². The largest absolute Gasteiger partial charge is 0.371 e. The lowest BCUT2D eigenvalue weighted by atomic mass is 10.2. The molecule has 0 spiro atoms. The molecule has 1 aliphatic carbocycles. The van der Waals surface area contributed by atoms with E-state index in [9.17, 15) is 0 Å². The lowest BCUT2D eigenvalue weighted by Crippen LogP contribution is -2.21. The van der Waals surface area contributed by atoms with Gasteiger partial charge in [-0.25, -0.2) is 4.68 Å². The average molecular weight is 225 g/mol. The molecule has 4 rings (SSSR count). The number of rotatable bonds is 2. The van der Waals surface area contributed by atoms with Crippen molar-refractivity contribution < 1.29 is 0 Å². The Morgan fingerprint density at radius 2 is 1.88 bits per heavy atom. The van der Waals surface area contributed by atoms with Crippen LogP contribution in [0.15, 0.2) is 42.7 Å². The molecule has 1 saturated carbocycles. The summed E-state index contributed by atoms with van der Waals surface area (Å²) in [6, 6.07) is 10.6. The van der Waals surface area contributed by atoms with Gasteiger partial charge in [0.05, 0.1) is 5.69 Å². The summed E-state index contributed by atoms with van der Waals surface area (Å²) in [4.78, 5) is 2.51. The Balaban J connectivity index is 1.66. The zero-order valence-corrected chi connectivity index (χ0v) is 9.66. The first kappa shape index (κ1) is 9.28. The van der Waals surface area contributed by atoms with Gasteiger partial charge in [0.25, 0.3) is 0 Å². The van der Waals surface area contributed by atoms with Crippen molar-refractivity contribution in [2.24, 2.45) is 11.8 Å². The van der Waals surface area contributed by atoms with E-state index in [1.54, 1.807) is 0 Å². The lowest BCUT2D eigenvalue weighted by molar-refractivity contribution is 0.816. The molecule has 0 bridgehead atoms. The Morgan fingerprint density at radius 1 is 1.06 bits per heavy atom. The second-order valence-corrected chi connectivity index (χ2v) is 5.13. The molecule has 2 aliphatic rings. The highest BCUT2D eigenvalue weighted by molar-refractivity contribution is 5.54. The van der Waals surface area contributed by atoms with Crippen molar-refractivity contribution in [1.29, 1.82) is 0 Å². The summed E-state index contributed by atoms with van der Waals surface area (Å²) in [5.41, 5.74) is 2.48. The predicted molar refractivity (Wildman–Crippen MR) is 67.4 cm³/mol. The Bertz CT molecular complexity index is 522. The zero-order valence-electron chi connectivity index (χ0n) is 9.66. The zero-order chi connectivity index (χ0) is 11.2. The van der Waals surface area contributed by atoms with Gasteiger partial charge >= 0.3 is 0 Å². The van der Waals surface area contributed by atoms with Gasteiger partial charge in [0.2, 0.25) is 0 Å². The van der Waals surface area contributed by atoms with Gasteiger partial charge in [-0.15, -0.1) is 0 Å². The molecule has 1 aromatic carbocycles. The summed E-state index contributed by atoms with van der Waals surface area (Å²) in [7, 11) is 0. The van der Waals surface area contributed by atoms with E-state index < -0.39 is 0 Å². The smallest absolute Gasteiger partial charge is 0.0666 e. The van der Waals surface area contributed by atoms with Crippen molar-refractivity contribution in [2.75, 3.05) is 18.0 Å². The van der Waals surface area contributed by atoms with Crippen LogP contribution in [0.25, 0.3) is 5.69 Å². The fourth-order valence-corrected chi connectivity index (χ4v) is 2.86. The first-order valence-electron chi connectivity index (χ1n) is 6.25. The van der Waals surface area contributed by atoms with Crippen molar-refractivity contribution >= 4 is 5.69 Å². The highest BCUT2D eigenvalue weighted by Crippen LogP contribution is 2.46. The first-order chi connectivity index (χ1) is 8.40. The van der Waals surface area contributed by atoms with Gasteiger partial charge in [-0.2, -0.15) is 5.10 Å². The van der Waals surface area contributed by atoms with Crippen LogP contribution in [0.1, 0.15) is 6.42 Å². The van der Waals surface area contributed by atoms with Crippen LogP contribution in [-0.4, -0.2) is 22.9 Å². The third-order valence-electron chi connectivity index (χ3n) is 3.94. The molecule has 2 atom stereocenters. The van der Waals surface area contributed by atoms with Gasteiger partial charge in [0.15, 0.2) is 0 Å². The molecule has 0 unspecified atom stereocenters. The maximum atomic E-state index is 4.28. The van der Waals surface area contributed by atoms with E-state index >= 15 is 0 Å². The summed E-state index contributed by atoms with van der Waals surface area (Å²) in [6.45, 7) is 2.49.